The van der Waals surface area contributed by atoms with Crippen molar-refractivity contribution in [2.75, 3.05) is 25.4 Å². The normalized spacial score (nSPS) is 25.6. The molecule has 0 aliphatic carbocycles. The number of benzene rings is 1. The first-order chi connectivity index (χ1) is 8.77. The fourth-order valence-electron chi connectivity index (χ4n) is 2.74. The van der Waals surface area contributed by atoms with Crippen molar-refractivity contribution in [1.82, 2.24) is 10.2 Å². The van der Waals surface area contributed by atoms with Crippen LogP contribution in [0.1, 0.15) is 18.4 Å². The van der Waals surface area contributed by atoms with Crippen LogP contribution in [0.4, 0.5) is 0 Å². The summed E-state index contributed by atoms with van der Waals surface area (Å²) < 4.78 is 0. The maximum atomic E-state index is 12.7. The molecule has 2 heterocycles. The quantitative estimate of drug-likeness (QED) is 0.862. The second-order valence-electron chi connectivity index (χ2n) is 4.99. The molecule has 0 radical (unpaired) electrons. The first-order valence-corrected chi connectivity index (χ1v) is 7.49. The number of thioether (sulfide) groups is 1. The van der Waals surface area contributed by atoms with Gasteiger partial charge in [-0.05, 0) is 18.6 Å². The topological polar surface area (TPSA) is 32.3 Å². The van der Waals surface area contributed by atoms with Gasteiger partial charge < -0.3 is 10.2 Å². The highest BCUT2D eigenvalue weighted by Crippen LogP contribution is 2.40. The van der Waals surface area contributed by atoms with E-state index in [2.05, 4.69) is 24.4 Å². The number of carbonyl (C=O) groups is 1. The van der Waals surface area contributed by atoms with Crippen molar-refractivity contribution >= 4 is 30.1 Å². The van der Waals surface area contributed by atoms with E-state index in [9.17, 15) is 4.79 Å². The molecule has 1 aromatic rings. The third-order valence-electron chi connectivity index (χ3n) is 3.78. The Bertz CT molecular complexity index is 469. The smallest absolute Gasteiger partial charge is 0.231 e. The summed E-state index contributed by atoms with van der Waals surface area (Å²) in [7, 11) is 0. The summed E-state index contributed by atoms with van der Waals surface area (Å²) >= 11 is 1.81. The highest BCUT2D eigenvalue weighted by molar-refractivity contribution is 7.99. The predicted octanol–water partition coefficient (Wildman–Crippen LogP) is 2.12. The average Bonchev–Trinajstić information content (AvgIpc) is 2.82. The van der Waals surface area contributed by atoms with Crippen LogP contribution in [0.15, 0.2) is 29.2 Å². The molecule has 1 aromatic carbocycles. The van der Waals surface area contributed by atoms with Crippen molar-refractivity contribution in [3.05, 3.63) is 29.8 Å². The average molecular weight is 299 g/mol. The Hall–Kier alpha value is -0.710. The summed E-state index contributed by atoms with van der Waals surface area (Å²) in [5, 5.41) is 3.33. The van der Waals surface area contributed by atoms with E-state index in [0.717, 1.165) is 25.4 Å². The van der Waals surface area contributed by atoms with Crippen molar-refractivity contribution in [2.45, 2.75) is 23.8 Å². The molecule has 19 heavy (non-hydrogen) atoms. The van der Waals surface area contributed by atoms with E-state index in [1.54, 1.807) is 11.8 Å². The summed E-state index contributed by atoms with van der Waals surface area (Å²) in [6.07, 6.45) is 0. The van der Waals surface area contributed by atoms with Gasteiger partial charge in [-0.15, -0.1) is 24.2 Å². The molecule has 1 fully saturated rings. The Labute approximate surface area is 124 Å². The molecule has 0 spiro atoms. The van der Waals surface area contributed by atoms with Gasteiger partial charge in [0.2, 0.25) is 5.91 Å². The minimum atomic E-state index is 0. The van der Waals surface area contributed by atoms with Crippen LogP contribution in [0.3, 0.4) is 0 Å². The molecule has 2 atom stereocenters. The lowest BCUT2D eigenvalue weighted by Gasteiger charge is -2.35. The SMILES string of the molecule is CC1CNCCN1C(=O)C1CSc2ccccc21.Cl. The largest absolute Gasteiger partial charge is 0.337 e. The molecular weight excluding hydrogens is 280 g/mol. The van der Waals surface area contributed by atoms with Gasteiger partial charge in [0.25, 0.3) is 0 Å². The van der Waals surface area contributed by atoms with Gasteiger partial charge in [-0.25, -0.2) is 0 Å². The highest BCUT2D eigenvalue weighted by atomic mass is 35.5. The van der Waals surface area contributed by atoms with Crippen molar-refractivity contribution in [3.63, 3.8) is 0 Å². The number of hydrogen-bond acceptors (Lipinski definition) is 3. The lowest BCUT2D eigenvalue weighted by molar-refractivity contribution is -0.135. The van der Waals surface area contributed by atoms with Crippen molar-refractivity contribution in [2.24, 2.45) is 0 Å². The van der Waals surface area contributed by atoms with Crippen LogP contribution in [0.2, 0.25) is 0 Å². The van der Waals surface area contributed by atoms with Crippen LogP contribution in [-0.4, -0.2) is 42.2 Å². The van der Waals surface area contributed by atoms with Crippen molar-refractivity contribution < 1.29 is 4.79 Å². The molecule has 5 heteroatoms. The molecule has 1 saturated heterocycles. The summed E-state index contributed by atoms with van der Waals surface area (Å²) in [4.78, 5) is 16.0. The van der Waals surface area contributed by atoms with Gasteiger partial charge in [0, 0.05) is 36.3 Å². The summed E-state index contributed by atoms with van der Waals surface area (Å²) in [5.74, 6) is 1.27. The maximum absolute atomic E-state index is 12.7. The van der Waals surface area contributed by atoms with Crippen molar-refractivity contribution in [1.29, 1.82) is 0 Å². The van der Waals surface area contributed by atoms with Gasteiger partial charge >= 0.3 is 0 Å². The van der Waals surface area contributed by atoms with E-state index in [1.165, 1.54) is 10.5 Å². The number of carbonyl (C=O) groups excluding carboxylic acids is 1. The predicted molar refractivity (Wildman–Crippen MR) is 81.2 cm³/mol. The van der Waals surface area contributed by atoms with E-state index >= 15 is 0 Å². The number of halogens is 1. The van der Waals surface area contributed by atoms with Crippen molar-refractivity contribution in [3.8, 4) is 0 Å². The molecule has 3 nitrogen and oxygen atoms in total. The summed E-state index contributed by atoms with van der Waals surface area (Å²) in [6, 6.07) is 8.61. The zero-order chi connectivity index (χ0) is 12.5. The number of rotatable bonds is 1. The minimum Gasteiger partial charge on any atom is -0.337 e. The zero-order valence-electron chi connectivity index (χ0n) is 11.0. The van der Waals surface area contributed by atoms with Crippen LogP contribution in [0.5, 0.6) is 0 Å². The molecule has 2 aliphatic heterocycles. The first-order valence-electron chi connectivity index (χ1n) is 6.50. The highest BCUT2D eigenvalue weighted by Gasteiger charge is 2.34. The maximum Gasteiger partial charge on any atom is 0.231 e. The number of hydrogen-bond donors (Lipinski definition) is 1. The van der Waals surface area contributed by atoms with Crippen LogP contribution >= 0.6 is 24.2 Å². The van der Waals surface area contributed by atoms with Crippen LogP contribution in [-0.2, 0) is 4.79 Å². The third-order valence-corrected chi connectivity index (χ3v) is 4.97. The Balaban J connectivity index is 0.00000133. The molecule has 104 valence electrons. The number of nitrogens with one attached hydrogen (secondary N) is 1. The van der Waals surface area contributed by atoms with E-state index in [4.69, 9.17) is 0 Å². The van der Waals surface area contributed by atoms with Gasteiger partial charge in [0.15, 0.2) is 0 Å². The zero-order valence-corrected chi connectivity index (χ0v) is 12.6. The van der Waals surface area contributed by atoms with Gasteiger partial charge in [0.1, 0.15) is 0 Å². The molecule has 3 rings (SSSR count). The minimum absolute atomic E-state index is 0. The first kappa shape index (κ1) is 14.7. The number of piperazine rings is 1. The molecule has 2 aliphatic rings. The fraction of sp³-hybridized carbons (Fsp3) is 0.500. The van der Waals surface area contributed by atoms with Crippen LogP contribution in [0.25, 0.3) is 0 Å². The van der Waals surface area contributed by atoms with E-state index in [-0.39, 0.29) is 18.3 Å². The van der Waals surface area contributed by atoms with E-state index in [1.807, 2.05) is 17.0 Å². The van der Waals surface area contributed by atoms with Gasteiger partial charge in [-0.1, -0.05) is 18.2 Å². The van der Waals surface area contributed by atoms with E-state index in [0.29, 0.717) is 11.9 Å². The molecule has 0 saturated carbocycles. The molecule has 0 bridgehead atoms. The van der Waals surface area contributed by atoms with Crippen LogP contribution in [0, 0.1) is 0 Å². The summed E-state index contributed by atoms with van der Waals surface area (Å²) in [5.41, 5.74) is 1.22. The van der Waals surface area contributed by atoms with Gasteiger partial charge in [0.05, 0.1) is 5.92 Å². The third kappa shape index (κ3) is 2.76. The van der Waals surface area contributed by atoms with Gasteiger partial charge in [-0.2, -0.15) is 0 Å². The molecule has 1 N–H and O–H groups in total. The standard InChI is InChI=1S/C14H18N2OS.ClH/c1-10-8-15-6-7-16(10)14(17)12-9-18-13-5-3-2-4-11(12)13;/h2-5,10,12,15H,6-9H2,1H3;1H. The monoisotopic (exact) mass is 298 g/mol. The molecule has 1 amide bonds. The second-order valence-corrected chi connectivity index (χ2v) is 6.05. The number of nitrogens with zero attached hydrogens (tertiary/aromatic N) is 1. The Morgan fingerprint density at radius 1 is 1.42 bits per heavy atom. The van der Waals surface area contributed by atoms with Crippen LogP contribution < -0.4 is 5.32 Å². The summed E-state index contributed by atoms with van der Waals surface area (Å²) in [6.45, 7) is 4.78. The Kier molecular flexibility index (Phi) is 4.76. The number of fused-ring (bicyclic) bond motifs is 1. The molecule has 0 aromatic heterocycles. The Morgan fingerprint density at radius 3 is 3.00 bits per heavy atom. The van der Waals surface area contributed by atoms with E-state index < -0.39 is 0 Å². The fourth-order valence-corrected chi connectivity index (χ4v) is 3.96. The van der Waals surface area contributed by atoms with Gasteiger partial charge in [-0.3, -0.25) is 4.79 Å². The lowest BCUT2D eigenvalue weighted by Crippen LogP contribution is -2.53. The Morgan fingerprint density at radius 2 is 2.21 bits per heavy atom. The molecular formula is C14H19ClN2OS. The second kappa shape index (κ2) is 6.16. The molecule has 2 unspecified atom stereocenters. The number of amides is 1. The lowest BCUT2D eigenvalue weighted by atomic mass is 9.98.